The topological polar surface area (TPSA) is 0 Å². The molecule has 0 unspecified atom stereocenters. The Balaban J connectivity index is 2.04. The number of halogens is 4. The average Bonchev–Trinajstić information content (AvgIpc) is 2.34. The molecule has 0 amide bonds. The molecule has 4 heteroatoms. The van der Waals surface area contributed by atoms with Crippen LogP contribution in [0.4, 0.5) is 13.2 Å². The van der Waals surface area contributed by atoms with Crippen molar-refractivity contribution in [2.75, 3.05) is 0 Å². The van der Waals surface area contributed by atoms with Crippen LogP contribution in [0, 0.1) is 7.14 Å². The third-order valence-electron chi connectivity index (χ3n) is 2.92. The van der Waals surface area contributed by atoms with Gasteiger partial charge in [-0.25, -0.2) is 0 Å². The van der Waals surface area contributed by atoms with E-state index in [-0.39, 0.29) is 0 Å². The lowest BCUT2D eigenvalue weighted by atomic mass is 10.0. The van der Waals surface area contributed by atoms with Crippen LogP contribution < -0.4 is 21.2 Å². The molecule has 0 spiro atoms. The normalized spacial score (nSPS) is 13.9. The SMILES string of the molecule is FC(F)(F)c1ccc2c(c1)[I+]c1ccccc1C2. The van der Waals surface area contributed by atoms with E-state index in [1.54, 1.807) is 6.07 Å². The van der Waals surface area contributed by atoms with Crippen molar-refractivity contribution in [1.29, 1.82) is 0 Å². The predicted octanol–water partition coefficient (Wildman–Crippen LogP) is 0.738. The van der Waals surface area contributed by atoms with E-state index >= 15 is 0 Å². The highest BCUT2D eigenvalue weighted by Gasteiger charge is 2.35. The first-order chi connectivity index (χ1) is 8.54. The molecule has 0 aromatic heterocycles. The van der Waals surface area contributed by atoms with Crippen molar-refractivity contribution in [1.82, 2.24) is 0 Å². The fourth-order valence-electron chi connectivity index (χ4n) is 2.00. The summed E-state index contributed by atoms with van der Waals surface area (Å²) in [6.45, 7) is 0. The highest BCUT2D eigenvalue weighted by Crippen LogP contribution is 2.29. The van der Waals surface area contributed by atoms with Crippen LogP contribution in [-0.4, -0.2) is 0 Å². The average molecular weight is 361 g/mol. The number of fused-ring (bicyclic) bond motifs is 2. The second-order valence-corrected chi connectivity index (χ2v) is 7.03. The van der Waals surface area contributed by atoms with E-state index in [1.165, 1.54) is 21.3 Å². The zero-order valence-corrected chi connectivity index (χ0v) is 11.4. The van der Waals surface area contributed by atoms with E-state index in [0.29, 0.717) is 0 Å². The molecule has 1 aliphatic heterocycles. The van der Waals surface area contributed by atoms with Crippen LogP contribution in [0.15, 0.2) is 42.5 Å². The summed E-state index contributed by atoms with van der Waals surface area (Å²) in [5.74, 6) is 0. The van der Waals surface area contributed by atoms with Gasteiger partial charge in [0.15, 0.2) is 7.14 Å². The van der Waals surface area contributed by atoms with Crippen LogP contribution in [0.5, 0.6) is 0 Å². The molecule has 0 N–H and O–H groups in total. The van der Waals surface area contributed by atoms with Gasteiger partial charge in [0.05, 0.1) is 5.56 Å². The Morgan fingerprint density at radius 2 is 1.61 bits per heavy atom. The second-order valence-electron chi connectivity index (χ2n) is 4.17. The molecule has 0 fully saturated rings. The molecule has 18 heavy (non-hydrogen) atoms. The van der Waals surface area contributed by atoms with E-state index in [4.69, 9.17) is 0 Å². The minimum atomic E-state index is -4.24. The highest BCUT2D eigenvalue weighted by atomic mass is 127. The maximum Gasteiger partial charge on any atom is 0.416 e. The monoisotopic (exact) mass is 361 g/mol. The van der Waals surface area contributed by atoms with Crippen molar-refractivity contribution in [3.8, 4) is 0 Å². The summed E-state index contributed by atoms with van der Waals surface area (Å²) in [6.07, 6.45) is -3.49. The molecule has 3 rings (SSSR count). The second kappa shape index (κ2) is 4.26. The molecule has 1 heterocycles. The van der Waals surface area contributed by atoms with Gasteiger partial charge in [0.25, 0.3) is 0 Å². The van der Waals surface area contributed by atoms with Gasteiger partial charge in [0, 0.05) is 23.6 Å². The van der Waals surface area contributed by atoms with Gasteiger partial charge in [0.2, 0.25) is 0 Å². The van der Waals surface area contributed by atoms with Crippen molar-refractivity contribution in [2.45, 2.75) is 12.6 Å². The summed E-state index contributed by atoms with van der Waals surface area (Å²) in [5, 5.41) is 0. The number of rotatable bonds is 0. The summed E-state index contributed by atoms with van der Waals surface area (Å²) < 4.78 is 40.1. The molecule has 0 atom stereocenters. The number of benzene rings is 2. The van der Waals surface area contributed by atoms with Gasteiger partial charge < -0.3 is 0 Å². The maximum absolute atomic E-state index is 12.7. The molecule has 92 valence electrons. The van der Waals surface area contributed by atoms with Crippen LogP contribution >= 0.6 is 0 Å². The molecular formula is C14H9F3I+. The third-order valence-corrected chi connectivity index (χ3v) is 6.14. The molecule has 0 radical (unpaired) electrons. The van der Waals surface area contributed by atoms with Crippen LogP contribution in [0.25, 0.3) is 0 Å². The summed E-state index contributed by atoms with van der Waals surface area (Å²) in [4.78, 5) is 0. The first kappa shape index (κ1) is 12.0. The van der Waals surface area contributed by atoms with E-state index in [2.05, 4.69) is 6.07 Å². The van der Waals surface area contributed by atoms with Gasteiger partial charge in [-0.15, -0.1) is 0 Å². The van der Waals surface area contributed by atoms with Gasteiger partial charge in [-0.2, -0.15) is 13.2 Å². The van der Waals surface area contributed by atoms with E-state index < -0.39 is 32.9 Å². The van der Waals surface area contributed by atoms with Crippen molar-refractivity contribution in [3.63, 3.8) is 0 Å². The molecule has 2 aromatic rings. The molecule has 0 saturated heterocycles. The third kappa shape index (κ3) is 2.13. The highest BCUT2D eigenvalue weighted by molar-refractivity contribution is 5.31. The Morgan fingerprint density at radius 1 is 0.889 bits per heavy atom. The zero-order chi connectivity index (χ0) is 12.8. The Bertz CT molecular complexity index is 602. The lowest BCUT2D eigenvalue weighted by molar-refractivity contribution is -0.601. The molecule has 1 aliphatic rings. The van der Waals surface area contributed by atoms with E-state index in [0.717, 1.165) is 15.6 Å². The number of hydrogen-bond acceptors (Lipinski definition) is 0. The smallest absolute Gasteiger partial charge is 0.166 e. The molecular weight excluding hydrogens is 352 g/mol. The van der Waals surface area contributed by atoms with Gasteiger partial charge in [0.1, 0.15) is 0 Å². The predicted molar refractivity (Wildman–Crippen MR) is 58.1 cm³/mol. The molecule has 0 saturated carbocycles. The lowest BCUT2D eigenvalue weighted by Gasteiger charge is -2.11. The van der Waals surface area contributed by atoms with Gasteiger partial charge >= 0.3 is 27.4 Å². The Kier molecular flexibility index (Phi) is 2.84. The fourth-order valence-corrected chi connectivity index (χ4v) is 4.94. The molecule has 2 aromatic carbocycles. The van der Waals surface area contributed by atoms with Crippen LogP contribution in [-0.2, 0) is 12.6 Å². The van der Waals surface area contributed by atoms with Crippen LogP contribution in [0.1, 0.15) is 16.7 Å². The summed E-state index contributed by atoms with van der Waals surface area (Å²) in [5.41, 5.74) is 1.78. The number of hydrogen-bond donors (Lipinski definition) is 0. The molecule has 0 aliphatic carbocycles. The Morgan fingerprint density at radius 3 is 2.39 bits per heavy atom. The standard InChI is InChI=1S/C14H9F3I/c15-14(16,17)11-6-5-10-7-9-3-1-2-4-12(9)18-13(10)8-11/h1-6,8H,7H2/q+1. The minimum absolute atomic E-state index is 0.490. The first-order valence-corrected chi connectivity index (χ1v) is 7.62. The minimum Gasteiger partial charge on any atom is -0.166 e. The molecule has 0 nitrogen and oxygen atoms in total. The number of alkyl halides is 3. The Hall–Kier alpha value is -1.04. The fraction of sp³-hybridized carbons (Fsp3) is 0.143. The van der Waals surface area contributed by atoms with Crippen molar-refractivity contribution >= 4 is 0 Å². The van der Waals surface area contributed by atoms with Gasteiger partial charge in [-0.05, 0) is 12.1 Å². The van der Waals surface area contributed by atoms with Crippen LogP contribution in [0.2, 0.25) is 0 Å². The van der Waals surface area contributed by atoms with Crippen molar-refractivity contribution < 1.29 is 34.4 Å². The maximum atomic E-state index is 12.7. The van der Waals surface area contributed by atoms with E-state index in [9.17, 15) is 13.2 Å². The zero-order valence-electron chi connectivity index (χ0n) is 9.26. The van der Waals surface area contributed by atoms with Gasteiger partial charge in [-0.3, -0.25) is 0 Å². The van der Waals surface area contributed by atoms with Crippen LogP contribution in [0.3, 0.4) is 0 Å². The van der Waals surface area contributed by atoms with Crippen molar-refractivity contribution in [2.24, 2.45) is 0 Å². The Labute approximate surface area is 113 Å². The molecule has 0 bridgehead atoms. The lowest BCUT2D eigenvalue weighted by Crippen LogP contribution is -3.62. The van der Waals surface area contributed by atoms with Crippen molar-refractivity contribution in [3.05, 3.63) is 66.3 Å². The van der Waals surface area contributed by atoms with E-state index in [1.807, 2.05) is 18.2 Å². The quantitative estimate of drug-likeness (QED) is 0.519. The largest absolute Gasteiger partial charge is 0.416 e. The van der Waals surface area contributed by atoms with Gasteiger partial charge in [-0.1, -0.05) is 24.3 Å². The summed E-state index contributed by atoms with van der Waals surface area (Å²) in [7, 11) is 0. The first-order valence-electron chi connectivity index (χ1n) is 5.47. The summed E-state index contributed by atoms with van der Waals surface area (Å²) in [6, 6.07) is 12.2. The summed E-state index contributed by atoms with van der Waals surface area (Å²) >= 11 is -0.490.